The van der Waals surface area contributed by atoms with Crippen molar-refractivity contribution in [3.8, 4) is 0 Å². The summed E-state index contributed by atoms with van der Waals surface area (Å²) < 4.78 is 0. The highest BCUT2D eigenvalue weighted by Crippen LogP contribution is 2.29. The molecule has 5 heteroatoms. The van der Waals surface area contributed by atoms with Gasteiger partial charge in [-0.3, -0.25) is 4.79 Å². The van der Waals surface area contributed by atoms with Crippen molar-refractivity contribution in [3.63, 3.8) is 0 Å². The third kappa shape index (κ3) is 2.53. The van der Waals surface area contributed by atoms with E-state index in [1.54, 1.807) is 4.90 Å². The highest BCUT2D eigenvalue weighted by atomic mass is 16.2. The fraction of sp³-hybridized carbons (Fsp3) is 0.462. The van der Waals surface area contributed by atoms with Gasteiger partial charge in [0.25, 0.3) is 0 Å². The summed E-state index contributed by atoms with van der Waals surface area (Å²) in [6, 6.07) is 5.89. The molecule has 0 fully saturated rings. The second-order valence-corrected chi connectivity index (χ2v) is 4.68. The Bertz CT molecular complexity index is 447. The number of nitrogens with zero attached hydrogens (tertiary/aromatic N) is 1. The van der Waals surface area contributed by atoms with E-state index in [0.717, 1.165) is 17.7 Å². The number of benzene rings is 1. The van der Waals surface area contributed by atoms with Crippen LogP contribution in [-0.2, 0) is 17.6 Å². The SMILES string of the molecule is NCCc1ccc2c(c1)CC(=O)N2CC(N)CN. The lowest BCUT2D eigenvalue weighted by Crippen LogP contribution is -2.43. The first-order valence-electron chi connectivity index (χ1n) is 6.23. The molecular weight excluding hydrogens is 228 g/mol. The van der Waals surface area contributed by atoms with Crippen LogP contribution in [0.5, 0.6) is 0 Å². The standard InChI is InChI=1S/C13H20N4O/c14-4-3-9-1-2-12-10(5-9)6-13(18)17(12)8-11(16)7-15/h1-2,5,11H,3-4,6-8,14-16H2. The molecule has 6 N–H and O–H groups in total. The van der Waals surface area contributed by atoms with Gasteiger partial charge in [-0.1, -0.05) is 12.1 Å². The van der Waals surface area contributed by atoms with Crippen molar-refractivity contribution in [2.24, 2.45) is 17.2 Å². The summed E-state index contributed by atoms with van der Waals surface area (Å²) in [6.45, 7) is 1.48. The maximum atomic E-state index is 12.0. The number of fused-ring (bicyclic) bond motifs is 1. The van der Waals surface area contributed by atoms with E-state index in [2.05, 4.69) is 6.07 Å². The van der Waals surface area contributed by atoms with Crippen LogP contribution < -0.4 is 22.1 Å². The minimum Gasteiger partial charge on any atom is -0.330 e. The molecule has 18 heavy (non-hydrogen) atoms. The van der Waals surface area contributed by atoms with Crippen LogP contribution in [0.4, 0.5) is 5.69 Å². The predicted octanol–water partition coefficient (Wildman–Crippen LogP) is -0.637. The zero-order valence-electron chi connectivity index (χ0n) is 10.4. The van der Waals surface area contributed by atoms with Gasteiger partial charge in [0.2, 0.25) is 5.91 Å². The van der Waals surface area contributed by atoms with Crippen molar-refractivity contribution in [2.45, 2.75) is 18.9 Å². The lowest BCUT2D eigenvalue weighted by atomic mass is 10.1. The van der Waals surface area contributed by atoms with Crippen molar-refractivity contribution in [1.82, 2.24) is 0 Å². The number of nitrogens with two attached hydrogens (primary N) is 3. The molecule has 1 unspecified atom stereocenters. The molecule has 0 spiro atoms. The fourth-order valence-corrected chi connectivity index (χ4v) is 2.27. The maximum Gasteiger partial charge on any atom is 0.231 e. The molecule has 1 atom stereocenters. The minimum atomic E-state index is -0.177. The van der Waals surface area contributed by atoms with E-state index in [1.807, 2.05) is 12.1 Å². The zero-order chi connectivity index (χ0) is 13.1. The Hall–Kier alpha value is -1.43. The molecule has 1 aromatic rings. The molecule has 1 aromatic carbocycles. The molecule has 1 amide bonds. The average molecular weight is 248 g/mol. The number of rotatable bonds is 5. The van der Waals surface area contributed by atoms with Gasteiger partial charge in [0.15, 0.2) is 0 Å². The third-order valence-corrected chi connectivity index (χ3v) is 3.23. The number of hydrogen-bond donors (Lipinski definition) is 3. The molecular formula is C13H20N4O. The molecule has 2 rings (SSSR count). The van der Waals surface area contributed by atoms with Crippen LogP contribution in [-0.4, -0.2) is 31.6 Å². The third-order valence-electron chi connectivity index (χ3n) is 3.23. The first kappa shape index (κ1) is 13.0. The van der Waals surface area contributed by atoms with Crippen molar-refractivity contribution in [3.05, 3.63) is 29.3 Å². The van der Waals surface area contributed by atoms with E-state index >= 15 is 0 Å². The van der Waals surface area contributed by atoms with E-state index in [9.17, 15) is 4.79 Å². The van der Waals surface area contributed by atoms with Gasteiger partial charge in [0, 0.05) is 24.8 Å². The maximum absolute atomic E-state index is 12.0. The summed E-state index contributed by atoms with van der Waals surface area (Å²) in [7, 11) is 0. The quantitative estimate of drug-likeness (QED) is 0.645. The zero-order valence-corrected chi connectivity index (χ0v) is 10.4. The Labute approximate surface area is 107 Å². The van der Waals surface area contributed by atoms with E-state index < -0.39 is 0 Å². The van der Waals surface area contributed by atoms with Crippen LogP contribution in [0.1, 0.15) is 11.1 Å². The molecule has 0 radical (unpaired) electrons. The molecule has 0 aliphatic carbocycles. The molecule has 0 aromatic heterocycles. The average Bonchev–Trinajstić information content (AvgIpc) is 2.65. The van der Waals surface area contributed by atoms with E-state index in [-0.39, 0.29) is 11.9 Å². The number of carbonyl (C=O) groups excluding carboxylic acids is 1. The summed E-state index contributed by atoms with van der Waals surface area (Å²) in [5.74, 6) is 0.0961. The van der Waals surface area contributed by atoms with Crippen LogP contribution in [0, 0.1) is 0 Å². The Morgan fingerprint density at radius 1 is 1.33 bits per heavy atom. The van der Waals surface area contributed by atoms with Crippen LogP contribution >= 0.6 is 0 Å². The Morgan fingerprint density at radius 2 is 2.11 bits per heavy atom. The van der Waals surface area contributed by atoms with Gasteiger partial charge in [0.05, 0.1) is 6.42 Å². The van der Waals surface area contributed by atoms with Crippen LogP contribution in [0.25, 0.3) is 0 Å². The molecule has 1 aliphatic rings. The van der Waals surface area contributed by atoms with Crippen molar-refractivity contribution >= 4 is 11.6 Å². The van der Waals surface area contributed by atoms with Gasteiger partial charge >= 0.3 is 0 Å². The summed E-state index contributed by atoms with van der Waals surface area (Å²) in [5, 5.41) is 0. The van der Waals surface area contributed by atoms with Crippen LogP contribution in [0.3, 0.4) is 0 Å². The highest BCUT2D eigenvalue weighted by Gasteiger charge is 2.28. The second kappa shape index (κ2) is 5.48. The van der Waals surface area contributed by atoms with Crippen molar-refractivity contribution in [1.29, 1.82) is 0 Å². The van der Waals surface area contributed by atoms with Gasteiger partial charge in [-0.2, -0.15) is 0 Å². The fourth-order valence-electron chi connectivity index (χ4n) is 2.27. The molecule has 1 aliphatic heterocycles. The van der Waals surface area contributed by atoms with E-state index in [4.69, 9.17) is 17.2 Å². The molecule has 0 saturated carbocycles. The topological polar surface area (TPSA) is 98.4 Å². The molecule has 98 valence electrons. The minimum absolute atomic E-state index is 0.0961. The lowest BCUT2D eigenvalue weighted by Gasteiger charge is -2.21. The second-order valence-electron chi connectivity index (χ2n) is 4.68. The Morgan fingerprint density at radius 3 is 2.78 bits per heavy atom. The normalized spacial score (nSPS) is 15.9. The first-order chi connectivity index (χ1) is 8.65. The smallest absolute Gasteiger partial charge is 0.231 e. The van der Waals surface area contributed by atoms with Crippen molar-refractivity contribution < 1.29 is 4.79 Å². The lowest BCUT2D eigenvalue weighted by molar-refractivity contribution is -0.117. The molecule has 5 nitrogen and oxygen atoms in total. The largest absolute Gasteiger partial charge is 0.330 e. The van der Waals surface area contributed by atoms with Crippen LogP contribution in [0.15, 0.2) is 18.2 Å². The monoisotopic (exact) mass is 248 g/mol. The van der Waals surface area contributed by atoms with Crippen molar-refractivity contribution in [2.75, 3.05) is 24.5 Å². The van der Waals surface area contributed by atoms with Gasteiger partial charge in [0.1, 0.15) is 0 Å². The highest BCUT2D eigenvalue weighted by molar-refractivity contribution is 6.01. The summed E-state index contributed by atoms with van der Waals surface area (Å²) in [4.78, 5) is 13.7. The summed E-state index contributed by atoms with van der Waals surface area (Å²) >= 11 is 0. The number of carbonyl (C=O) groups is 1. The predicted molar refractivity (Wildman–Crippen MR) is 72.3 cm³/mol. The molecule has 0 bridgehead atoms. The number of anilines is 1. The first-order valence-corrected chi connectivity index (χ1v) is 6.23. The van der Waals surface area contributed by atoms with E-state index in [0.29, 0.717) is 26.1 Å². The number of hydrogen-bond acceptors (Lipinski definition) is 4. The molecule has 0 saturated heterocycles. The van der Waals surface area contributed by atoms with E-state index in [1.165, 1.54) is 5.56 Å². The number of amides is 1. The van der Waals surface area contributed by atoms with Gasteiger partial charge in [-0.05, 0) is 30.2 Å². The summed E-state index contributed by atoms with van der Waals surface area (Å²) in [6.07, 6.45) is 1.29. The van der Waals surface area contributed by atoms with Gasteiger partial charge < -0.3 is 22.1 Å². The Kier molecular flexibility index (Phi) is 3.96. The Balaban J connectivity index is 2.21. The summed E-state index contributed by atoms with van der Waals surface area (Å²) in [5.41, 5.74) is 20.1. The van der Waals surface area contributed by atoms with Gasteiger partial charge in [-0.15, -0.1) is 0 Å². The molecule has 1 heterocycles. The van der Waals surface area contributed by atoms with Crippen LogP contribution in [0.2, 0.25) is 0 Å². The van der Waals surface area contributed by atoms with Gasteiger partial charge in [-0.25, -0.2) is 0 Å².